The number of nitrogens with zero attached hydrogens (tertiary/aromatic N) is 1. The molecule has 2 N–H and O–H groups in total. The third-order valence-corrected chi connectivity index (χ3v) is 2.74. The molecule has 0 aliphatic carbocycles. The Balaban J connectivity index is 2.90. The summed E-state index contributed by atoms with van der Waals surface area (Å²) in [5.41, 5.74) is 0.439. The molecule has 6 heteroatoms. The highest BCUT2D eigenvalue weighted by Gasteiger charge is 2.20. The van der Waals surface area contributed by atoms with E-state index in [1.807, 2.05) is 0 Å². The van der Waals surface area contributed by atoms with Crippen molar-refractivity contribution < 1.29 is 9.72 Å². The predicted molar refractivity (Wildman–Crippen MR) is 74.4 cm³/mol. The summed E-state index contributed by atoms with van der Waals surface area (Å²) in [6.45, 7) is 4.69. The molecular formula is C13H19N3O3. The number of nitro benzene ring substituents is 1. The van der Waals surface area contributed by atoms with E-state index in [4.69, 9.17) is 0 Å². The predicted octanol–water partition coefficient (Wildman–Crippen LogP) is 2.41. The number of hydrogen-bond acceptors (Lipinski definition) is 4. The maximum atomic E-state index is 12.0. The SMILES string of the molecule is CNc1c(C(=O)NCCC(C)C)cccc1[N+](=O)[O-]. The number of nitro groups is 1. The number of nitrogens with one attached hydrogen (secondary N) is 2. The first-order chi connectivity index (χ1) is 8.97. The third kappa shape index (κ3) is 3.94. The van der Waals surface area contributed by atoms with Gasteiger partial charge in [-0.2, -0.15) is 0 Å². The Morgan fingerprint density at radius 3 is 2.63 bits per heavy atom. The smallest absolute Gasteiger partial charge is 0.293 e. The molecule has 1 rings (SSSR count). The minimum Gasteiger partial charge on any atom is -0.382 e. The van der Waals surface area contributed by atoms with Crippen molar-refractivity contribution in [2.75, 3.05) is 18.9 Å². The van der Waals surface area contributed by atoms with Gasteiger partial charge >= 0.3 is 0 Å². The zero-order valence-corrected chi connectivity index (χ0v) is 11.4. The molecule has 0 bridgehead atoms. The minimum absolute atomic E-state index is 0.0981. The van der Waals surface area contributed by atoms with Crippen LogP contribution in [0.15, 0.2) is 18.2 Å². The Labute approximate surface area is 112 Å². The van der Waals surface area contributed by atoms with E-state index >= 15 is 0 Å². The zero-order chi connectivity index (χ0) is 14.4. The molecule has 19 heavy (non-hydrogen) atoms. The van der Waals surface area contributed by atoms with Crippen molar-refractivity contribution >= 4 is 17.3 Å². The molecule has 0 heterocycles. The lowest BCUT2D eigenvalue weighted by Crippen LogP contribution is -2.26. The monoisotopic (exact) mass is 265 g/mol. The summed E-state index contributed by atoms with van der Waals surface area (Å²) in [5.74, 6) is 0.197. The Morgan fingerprint density at radius 2 is 2.11 bits per heavy atom. The molecule has 1 amide bonds. The lowest BCUT2D eigenvalue weighted by atomic mass is 10.1. The number of anilines is 1. The molecule has 0 aromatic heterocycles. The third-order valence-electron chi connectivity index (χ3n) is 2.74. The molecule has 6 nitrogen and oxygen atoms in total. The van der Waals surface area contributed by atoms with E-state index in [1.165, 1.54) is 12.1 Å². The minimum atomic E-state index is -0.503. The van der Waals surface area contributed by atoms with Crippen LogP contribution in [0.4, 0.5) is 11.4 Å². The molecule has 0 fully saturated rings. The van der Waals surface area contributed by atoms with E-state index in [2.05, 4.69) is 24.5 Å². The van der Waals surface area contributed by atoms with E-state index in [1.54, 1.807) is 13.1 Å². The van der Waals surface area contributed by atoms with Gasteiger partial charge in [0.2, 0.25) is 0 Å². The lowest BCUT2D eigenvalue weighted by Gasteiger charge is -2.11. The van der Waals surface area contributed by atoms with E-state index in [-0.39, 0.29) is 17.3 Å². The summed E-state index contributed by atoms with van der Waals surface area (Å²) in [6.07, 6.45) is 0.871. The van der Waals surface area contributed by atoms with Gasteiger partial charge in [0.05, 0.1) is 10.5 Å². The van der Waals surface area contributed by atoms with Crippen molar-refractivity contribution in [1.82, 2.24) is 5.32 Å². The first kappa shape index (κ1) is 14.9. The first-order valence-electron chi connectivity index (χ1n) is 6.20. The van der Waals surface area contributed by atoms with E-state index < -0.39 is 4.92 Å². The molecule has 0 unspecified atom stereocenters. The number of carbonyl (C=O) groups is 1. The van der Waals surface area contributed by atoms with Crippen molar-refractivity contribution in [2.24, 2.45) is 5.92 Å². The van der Waals surface area contributed by atoms with Crippen LogP contribution in [-0.4, -0.2) is 24.4 Å². The number of benzene rings is 1. The Hall–Kier alpha value is -2.11. The van der Waals surface area contributed by atoms with Crippen molar-refractivity contribution in [3.05, 3.63) is 33.9 Å². The molecule has 1 aromatic carbocycles. The maximum absolute atomic E-state index is 12.0. The van der Waals surface area contributed by atoms with E-state index in [0.29, 0.717) is 18.0 Å². The van der Waals surface area contributed by atoms with Crippen LogP contribution in [0.3, 0.4) is 0 Å². The van der Waals surface area contributed by atoms with E-state index in [9.17, 15) is 14.9 Å². The van der Waals surface area contributed by atoms with Crippen molar-refractivity contribution in [2.45, 2.75) is 20.3 Å². The second kappa shape index (κ2) is 6.72. The molecule has 0 aliphatic rings. The van der Waals surface area contributed by atoms with Crippen LogP contribution in [0.1, 0.15) is 30.6 Å². The van der Waals surface area contributed by atoms with Crippen LogP contribution >= 0.6 is 0 Å². The number of para-hydroxylation sites is 1. The Morgan fingerprint density at radius 1 is 1.42 bits per heavy atom. The summed E-state index contributed by atoms with van der Waals surface area (Å²) in [4.78, 5) is 22.4. The number of amides is 1. The summed E-state index contributed by atoms with van der Waals surface area (Å²) >= 11 is 0. The molecule has 0 saturated heterocycles. The fourth-order valence-corrected chi connectivity index (χ4v) is 1.71. The maximum Gasteiger partial charge on any atom is 0.293 e. The van der Waals surface area contributed by atoms with Crippen LogP contribution in [0, 0.1) is 16.0 Å². The van der Waals surface area contributed by atoms with Gasteiger partial charge in [-0.05, 0) is 18.4 Å². The van der Waals surface area contributed by atoms with Crippen molar-refractivity contribution in [3.8, 4) is 0 Å². The summed E-state index contributed by atoms with van der Waals surface area (Å²) in [6, 6.07) is 4.45. The highest BCUT2D eigenvalue weighted by molar-refractivity contribution is 6.01. The fourth-order valence-electron chi connectivity index (χ4n) is 1.71. The highest BCUT2D eigenvalue weighted by Crippen LogP contribution is 2.27. The standard InChI is InChI=1S/C13H19N3O3/c1-9(2)7-8-15-13(17)10-5-4-6-11(16(18)19)12(10)14-3/h4-6,9,14H,7-8H2,1-3H3,(H,15,17). The van der Waals surface area contributed by atoms with Gasteiger partial charge in [0.1, 0.15) is 5.69 Å². The first-order valence-corrected chi connectivity index (χ1v) is 6.20. The molecule has 1 aromatic rings. The van der Waals surface area contributed by atoms with Gasteiger partial charge in [-0.25, -0.2) is 0 Å². The van der Waals surface area contributed by atoms with Crippen LogP contribution in [0.5, 0.6) is 0 Å². The van der Waals surface area contributed by atoms with Gasteiger partial charge in [-0.15, -0.1) is 0 Å². The Kier molecular flexibility index (Phi) is 5.29. The summed E-state index contributed by atoms with van der Waals surface area (Å²) in [7, 11) is 1.56. The highest BCUT2D eigenvalue weighted by atomic mass is 16.6. The van der Waals surface area contributed by atoms with Gasteiger partial charge in [0, 0.05) is 19.7 Å². The average molecular weight is 265 g/mol. The topological polar surface area (TPSA) is 84.3 Å². The normalized spacial score (nSPS) is 10.3. The molecule has 0 saturated carbocycles. The van der Waals surface area contributed by atoms with Crippen molar-refractivity contribution in [1.29, 1.82) is 0 Å². The molecule has 0 aliphatic heterocycles. The summed E-state index contributed by atoms with van der Waals surface area (Å²) in [5, 5.41) is 16.4. The fraction of sp³-hybridized carbons (Fsp3) is 0.462. The van der Waals surface area contributed by atoms with Gasteiger partial charge in [0.25, 0.3) is 11.6 Å². The lowest BCUT2D eigenvalue weighted by molar-refractivity contribution is -0.384. The molecule has 0 atom stereocenters. The summed E-state index contributed by atoms with van der Waals surface area (Å²) < 4.78 is 0. The molecular weight excluding hydrogens is 246 g/mol. The van der Waals surface area contributed by atoms with Gasteiger partial charge in [0.15, 0.2) is 0 Å². The second-order valence-electron chi connectivity index (χ2n) is 4.65. The number of carbonyl (C=O) groups excluding carboxylic acids is 1. The van der Waals surface area contributed by atoms with Crippen LogP contribution in [-0.2, 0) is 0 Å². The molecule has 104 valence electrons. The quantitative estimate of drug-likeness (QED) is 0.611. The number of hydrogen-bond donors (Lipinski definition) is 2. The average Bonchev–Trinajstić information content (AvgIpc) is 2.36. The van der Waals surface area contributed by atoms with Crippen LogP contribution < -0.4 is 10.6 Å². The van der Waals surface area contributed by atoms with Crippen LogP contribution in [0.25, 0.3) is 0 Å². The van der Waals surface area contributed by atoms with Crippen LogP contribution in [0.2, 0.25) is 0 Å². The molecule has 0 radical (unpaired) electrons. The zero-order valence-electron chi connectivity index (χ0n) is 11.4. The van der Waals surface area contributed by atoms with Crippen molar-refractivity contribution in [3.63, 3.8) is 0 Å². The van der Waals surface area contributed by atoms with E-state index in [0.717, 1.165) is 6.42 Å². The number of rotatable bonds is 6. The second-order valence-corrected chi connectivity index (χ2v) is 4.65. The van der Waals surface area contributed by atoms with Gasteiger partial charge < -0.3 is 10.6 Å². The largest absolute Gasteiger partial charge is 0.382 e. The molecule has 0 spiro atoms. The Bertz CT molecular complexity index is 472. The van der Waals surface area contributed by atoms with Gasteiger partial charge in [-0.3, -0.25) is 14.9 Å². The van der Waals surface area contributed by atoms with Gasteiger partial charge in [-0.1, -0.05) is 19.9 Å².